The molecule has 0 aromatic heterocycles. The largest absolute Gasteiger partial charge is 0.389 e. The highest BCUT2D eigenvalue weighted by Gasteiger charge is 2.18. The summed E-state index contributed by atoms with van der Waals surface area (Å²) >= 11 is 8.71. The predicted octanol–water partition coefficient (Wildman–Crippen LogP) is 3.95. The van der Waals surface area contributed by atoms with E-state index in [-0.39, 0.29) is 0 Å². The normalized spacial score (nSPS) is 11.1. The van der Waals surface area contributed by atoms with Crippen molar-refractivity contribution in [3.8, 4) is 0 Å². The summed E-state index contributed by atoms with van der Waals surface area (Å²) in [5.74, 6) is 0.588. The maximum absolute atomic E-state index is 5.86. The Morgan fingerprint density at radius 3 is 2.39 bits per heavy atom. The van der Waals surface area contributed by atoms with Crippen molar-refractivity contribution in [2.24, 2.45) is 11.7 Å². The number of benzene rings is 1. The van der Waals surface area contributed by atoms with Gasteiger partial charge in [-0.2, -0.15) is 0 Å². The fourth-order valence-electron chi connectivity index (χ4n) is 1.98. The van der Waals surface area contributed by atoms with Crippen LogP contribution in [0.15, 0.2) is 22.7 Å². The smallest absolute Gasteiger partial charge is 0.107 e. The first-order chi connectivity index (χ1) is 8.34. The van der Waals surface area contributed by atoms with Crippen molar-refractivity contribution in [1.29, 1.82) is 0 Å². The van der Waals surface area contributed by atoms with E-state index < -0.39 is 0 Å². The lowest BCUT2D eigenvalue weighted by Gasteiger charge is -2.32. The first kappa shape index (κ1) is 15.4. The van der Waals surface area contributed by atoms with Gasteiger partial charge in [0.2, 0.25) is 0 Å². The zero-order valence-electron chi connectivity index (χ0n) is 11.4. The lowest BCUT2D eigenvalue weighted by atomic mass is 10.1. The molecule has 2 nitrogen and oxygen atoms in total. The van der Waals surface area contributed by atoms with Crippen LogP contribution in [0.2, 0.25) is 0 Å². The monoisotopic (exact) mass is 328 g/mol. The molecule has 0 radical (unpaired) electrons. The van der Waals surface area contributed by atoms with Crippen LogP contribution in [-0.2, 0) is 0 Å². The van der Waals surface area contributed by atoms with Crippen LogP contribution in [0.3, 0.4) is 0 Å². The average Bonchev–Trinajstić information content (AvgIpc) is 2.24. The van der Waals surface area contributed by atoms with Crippen LogP contribution in [0.5, 0.6) is 0 Å². The van der Waals surface area contributed by atoms with E-state index in [2.05, 4.69) is 54.6 Å². The summed E-state index contributed by atoms with van der Waals surface area (Å²) in [7, 11) is 0. The van der Waals surface area contributed by atoms with E-state index in [0.29, 0.717) is 16.9 Å². The lowest BCUT2D eigenvalue weighted by Crippen LogP contribution is -2.35. The summed E-state index contributed by atoms with van der Waals surface area (Å²) in [4.78, 5) is 2.79. The molecular formula is C14H21BrN2S. The molecule has 0 heterocycles. The van der Waals surface area contributed by atoms with Crippen molar-refractivity contribution in [3.05, 3.63) is 28.2 Å². The molecule has 18 heavy (non-hydrogen) atoms. The molecule has 0 saturated heterocycles. The van der Waals surface area contributed by atoms with Crippen LogP contribution >= 0.6 is 28.1 Å². The summed E-state index contributed by atoms with van der Waals surface area (Å²) in [5.41, 5.74) is 7.90. The number of nitrogens with zero attached hydrogens (tertiary/aromatic N) is 1. The second kappa shape index (κ2) is 6.53. The molecule has 0 amide bonds. The van der Waals surface area contributed by atoms with Crippen molar-refractivity contribution in [2.45, 2.75) is 33.7 Å². The van der Waals surface area contributed by atoms with Crippen molar-refractivity contribution >= 4 is 38.8 Å². The van der Waals surface area contributed by atoms with Gasteiger partial charge in [-0.3, -0.25) is 0 Å². The first-order valence-corrected chi connectivity index (χ1v) is 7.39. The van der Waals surface area contributed by atoms with E-state index in [1.165, 1.54) is 0 Å². The molecule has 0 aliphatic carbocycles. The summed E-state index contributed by atoms with van der Waals surface area (Å²) in [6.45, 7) is 9.80. The Morgan fingerprint density at radius 2 is 1.94 bits per heavy atom. The maximum Gasteiger partial charge on any atom is 0.107 e. The fraction of sp³-hybridized carbons (Fsp3) is 0.500. The van der Waals surface area contributed by atoms with Crippen molar-refractivity contribution < 1.29 is 0 Å². The van der Waals surface area contributed by atoms with Crippen molar-refractivity contribution in [2.75, 3.05) is 11.4 Å². The number of thiocarbonyl (C=S) groups is 1. The number of anilines is 1. The summed E-state index contributed by atoms with van der Waals surface area (Å²) in [6.07, 6.45) is 0. The van der Waals surface area contributed by atoms with Gasteiger partial charge in [-0.15, -0.1) is 0 Å². The number of nitrogens with two attached hydrogens (primary N) is 1. The van der Waals surface area contributed by atoms with Crippen LogP contribution in [0.25, 0.3) is 0 Å². The summed E-state index contributed by atoms with van der Waals surface area (Å²) in [5, 5.41) is 0. The first-order valence-electron chi connectivity index (χ1n) is 6.19. The molecule has 0 bridgehead atoms. The zero-order chi connectivity index (χ0) is 13.9. The van der Waals surface area contributed by atoms with Crippen LogP contribution in [0.1, 0.15) is 33.3 Å². The minimum absolute atomic E-state index is 0.412. The van der Waals surface area contributed by atoms with E-state index >= 15 is 0 Å². The SMILES string of the molecule is CC(C)CN(c1cccc(Br)c1C(N)=S)C(C)C. The van der Waals surface area contributed by atoms with Gasteiger partial charge < -0.3 is 10.6 Å². The summed E-state index contributed by atoms with van der Waals surface area (Å²) in [6, 6.07) is 6.50. The molecular weight excluding hydrogens is 308 g/mol. The van der Waals surface area contributed by atoms with Crippen LogP contribution in [0, 0.1) is 5.92 Å². The van der Waals surface area contributed by atoms with Gasteiger partial charge in [0.15, 0.2) is 0 Å². The van der Waals surface area contributed by atoms with Gasteiger partial charge in [-0.25, -0.2) is 0 Å². The third kappa shape index (κ3) is 3.69. The third-order valence-electron chi connectivity index (χ3n) is 2.73. The quantitative estimate of drug-likeness (QED) is 0.829. The van der Waals surface area contributed by atoms with Crippen LogP contribution in [0.4, 0.5) is 5.69 Å². The average molecular weight is 329 g/mol. The van der Waals surface area contributed by atoms with E-state index in [0.717, 1.165) is 22.3 Å². The number of hydrogen-bond donors (Lipinski definition) is 1. The van der Waals surface area contributed by atoms with Gasteiger partial charge in [0.05, 0.1) is 0 Å². The lowest BCUT2D eigenvalue weighted by molar-refractivity contribution is 0.571. The van der Waals surface area contributed by atoms with Crippen LogP contribution in [-0.4, -0.2) is 17.6 Å². The van der Waals surface area contributed by atoms with Gasteiger partial charge >= 0.3 is 0 Å². The molecule has 0 fully saturated rings. The van der Waals surface area contributed by atoms with Crippen LogP contribution < -0.4 is 10.6 Å². The highest BCUT2D eigenvalue weighted by Crippen LogP contribution is 2.29. The Morgan fingerprint density at radius 1 is 1.33 bits per heavy atom. The third-order valence-corrected chi connectivity index (χ3v) is 3.60. The predicted molar refractivity (Wildman–Crippen MR) is 87.3 cm³/mol. The second-order valence-electron chi connectivity index (χ2n) is 5.14. The molecule has 0 aliphatic heterocycles. The number of rotatable bonds is 5. The Balaban J connectivity index is 3.27. The number of hydrogen-bond acceptors (Lipinski definition) is 2. The van der Waals surface area contributed by atoms with E-state index in [4.69, 9.17) is 18.0 Å². The minimum Gasteiger partial charge on any atom is -0.389 e. The van der Waals surface area contributed by atoms with Crippen molar-refractivity contribution in [1.82, 2.24) is 0 Å². The maximum atomic E-state index is 5.86. The molecule has 100 valence electrons. The molecule has 1 rings (SSSR count). The van der Waals surface area contributed by atoms with Gasteiger partial charge in [0.25, 0.3) is 0 Å². The zero-order valence-corrected chi connectivity index (χ0v) is 13.8. The van der Waals surface area contributed by atoms with E-state index in [9.17, 15) is 0 Å². The highest BCUT2D eigenvalue weighted by molar-refractivity contribution is 9.10. The molecule has 2 N–H and O–H groups in total. The molecule has 0 unspecified atom stereocenters. The molecule has 0 saturated carbocycles. The highest BCUT2D eigenvalue weighted by atomic mass is 79.9. The fourth-order valence-corrected chi connectivity index (χ4v) is 2.89. The number of halogens is 1. The molecule has 1 aromatic rings. The Labute approximate surface area is 124 Å². The summed E-state index contributed by atoms with van der Waals surface area (Å²) < 4.78 is 0.960. The molecule has 1 aromatic carbocycles. The Hall–Kier alpha value is -0.610. The van der Waals surface area contributed by atoms with Gasteiger partial charge in [-0.05, 0) is 47.8 Å². The van der Waals surface area contributed by atoms with Gasteiger partial charge in [0.1, 0.15) is 4.99 Å². The minimum atomic E-state index is 0.412. The topological polar surface area (TPSA) is 29.3 Å². The van der Waals surface area contributed by atoms with Gasteiger partial charge in [0, 0.05) is 28.3 Å². The van der Waals surface area contributed by atoms with Gasteiger partial charge in [-0.1, -0.05) is 32.1 Å². The standard InChI is InChI=1S/C14H21BrN2S/c1-9(2)8-17(10(3)4)12-7-5-6-11(15)13(12)14(16)18/h5-7,9-10H,8H2,1-4H3,(H2,16,18). The van der Waals surface area contributed by atoms with Crippen molar-refractivity contribution in [3.63, 3.8) is 0 Å². The molecule has 4 heteroatoms. The molecule has 0 atom stereocenters. The Kier molecular flexibility index (Phi) is 5.60. The van der Waals surface area contributed by atoms with E-state index in [1.54, 1.807) is 0 Å². The molecule has 0 spiro atoms. The van der Waals surface area contributed by atoms with E-state index in [1.807, 2.05) is 12.1 Å². The second-order valence-corrected chi connectivity index (χ2v) is 6.43. The molecule has 0 aliphatic rings. The Bertz CT molecular complexity index is 430.